The number of esters is 1. The first-order valence-corrected chi connectivity index (χ1v) is 8.71. The summed E-state index contributed by atoms with van der Waals surface area (Å²) in [6, 6.07) is 3.29. The number of carbonyl (C=O) groups excluding carboxylic acids is 2. The van der Waals surface area contributed by atoms with Gasteiger partial charge in [-0.05, 0) is 37.3 Å². The molecule has 24 heavy (non-hydrogen) atoms. The van der Waals surface area contributed by atoms with E-state index in [-0.39, 0.29) is 30.5 Å². The number of halogens is 1. The summed E-state index contributed by atoms with van der Waals surface area (Å²) in [7, 11) is 1.40. The second-order valence-electron chi connectivity index (χ2n) is 6.47. The van der Waals surface area contributed by atoms with Gasteiger partial charge in [0.1, 0.15) is 11.9 Å². The van der Waals surface area contributed by atoms with E-state index < -0.39 is 0 Å². The maximum Gasteiger partial charge on any atom is 0.323 e. The standard InChI is InChI=1S/C17H22ClN3O3/c1-24-17(23)14-8-11-4-2-3-5-13(11)21(14)10-16(22)20-15-7-6-12(18)9-19-15/h6-7,9,11,13-14H,2-5,8,10H2,1H3,(H,19,20,22)/t11-,13+,14+/m1/s1. The molecule has 0 unspecified atom stereocenters. The number of amides is 1. The molecule has 0 bridgehead atoms. The van der Waals surface area contributed by atoms with Crippen molar-refractivity contribution >= 4 is 29.3 Å². The molecule has 1 saturated heterocycles. The molecule has 2 heterocycles. The van der Waals surface area contributed by atoms with Crippen LogP contribution in [0.3, 0.4) is 0 Å². The summed E-state index contributed by atoms with van der Waals surface area (Å²) in [6.45, 7) is 0.172. The number of likely N-dealkylation sites (tertiary alicyclic amines) is 1. The molecule has 7 heteroatoms. The molecule has 0 radical (unpaired) electrons. The van der Waals surface area contributed by atoms with Crippen LogP contribution in [-0.4, -0.2) is 47.5 Å². The first-order chi connectivity index (χ1) is 11.6. The van der Waals surface area contributed by atoms with Crippen molar-refractivity contribution in [3.63, 3.8) is 0 Å². The molecule has 1 amide bonds. The smallest absolute Gasteiger partial charge is 0.323 e. The van der Waals surface area contributed by atoms with Gasteiger partial charge in [-0.1, -0.05) is 24.4 Å². The Morgan fingerprint density at radius 2 is 2.17 bits per heavy atom. The molecular weight excluding hydrogens is 330 g/mol. The van der Waals surface area contributed by atoms with E-state index >= 15 is 0 Å². The molecule has 1 aromatic heterocycles. The molecule has 2 fully saturated rings. The quantitative estimate of drug-likeness (QED) is 0.844. The predicted octanol–water partition coefficient (Wildman–Crippen LogP) is 2.48. The first kappa shape index (κ1) is 17.2. The fraction of sp³-hybridized carbons (Fsp3) is 0.588. The number of fused-ring (bicyclic) bond motifs is 1. The predicted molar refractivity (Wildman–Crippen MR) is 90.7 cm³/mol. The number of carbonyl (C=O) groups is 2. The zero-order valence-corrected chi connectivity index (χ0v) is 14.5. The second-order valence-corrected chi connectivity index (χ2v) is 6.91. The van der Waals surface area contributed by atoms with E-state index in [1.54, 1.807) is 12.1 Å². The number of pyridine rings is 1. The molecule has 1 aromatic rings. The van der Waals surface area contributed by atoms with Gasteiger partial charge in [0.25, 0.3) is 0 Å². The molecule has 1 aliphatic heterocycles. The lowest BCUT2D eigenvalue weighted by Gasteiger charge is -2.32. The van der Waals surface area contributed by atoms with Crippen LogP contribution in [0, 0.1) is 5.92 Å². The van der Waals surface area contributed by atoms with Crippen LogP contribution < -0.4 is 5.32 Å². The van der Waals surface area contributed by atoms with Gasteiger partial charge in [0.15, 0.2) is 0 Å². The van der Waals surface area contributed by atoms with Crippen molar-refractivity contribution in [1.82, 2.24) is 9.88 Å². The summed E-state index contributed by atoms with van der Waals surface area (Å²) in [6.07, 6.45) is 6.76. The Kier molecular flexibility index (Phi) is 5.36. The molecule has 0 aromatic carbocycles. The normalized spacial score (nSPS) is 26.7. The van der Waals surface area contributed by atoms with E-state index in [1.165, 1.54) is 19.7 Å². The van der Waals surface area contributed by atoms with E-state index in [2.05, 4.69) is 10.3 Å². The minimum Gasteiger partial charge on any atom is -0.468 e. The molecule has 0 spiro atoms. The highest BCUT2D eigenvalue weighted by atomic mass is 35.5. The third kappa shape index (κ3) is 3.70. The van der Waals surface area contributed by atoms with Crippen molar-refractivity contribution in [2.45, 2.75) is 44.2 Å². The summed E-state index contributed by atoms with van der Waals surface area (Å²) in [5, 5.41) is 3.28. The number of hydrogen-bond donors (Lipinski definition) is 1. The minimum absolute atomic E-state index is 0.172. The maximum atomic E-state index is 12.4. The van der Waals surface area contributed by atoms with E-state index in [4.69, 9.17) is 16.3 Å². The molecule has 3 rings (SSSR count). The topological polar surface area (TPSA) is 71.5 Å². The Bertz CT molecular complexity index is 608. The van der Waals surface area contributed by atoms with E-state index in [0.717, 1.165) is 25.7 Å². The molecule has 3 atom stereocenters. The maximum absolute atomic E-state index is 12.4. The van der Waals surface area contributed by atoms with Crippen LogP contribution in [0.1, 0.15) is 32.1 Å². The SMILES string of the molecule is COC(=O)[C@@H]1C[C@H]2CCCC[C@@H]2N1CC(=O)Nc1ccc(Cl)cn1. The van der Waals surface area contributed by atoms with Crippen molar-refractivity contribution in [2.24, 2.45) is 5.92 Å². The van der Waals surface area contributed by atoms with Crippen LogP contribution in [0.4, 0.5) is 5.82 Å². The van der Waals surface area contributed by atoms with Gasteiger partial charge in [0.2, 0.25) is 5.91 Å². The average Bonchev–Trinajstić information content (AvgIpc) is 2.95. The van der Waals surface area contributed by atoms with Crippen molar-refractivity contribution < 1.29 is 14.3 Å². The van der Waals surface area contributed by atoms with Crippen LogP contribution in [0.2, 0.25) is 5.02 Å². The molecule has 1 N–H and O–H groups in total. The monoisotopic (exact) mass is 351 g/mol. The van der Waals surface area contributed by atoms with Crippen molar-refractivity contribution in [1.29, 1.82) is 0 Å². The number of rotatable bonds is 4. The van der Waals surface area contributed by atoms with E-state index in [0.29, 0.717) is 16.8 Å². The van der Waals surface area contributed by atoms with Crippen molar-refractivity contribution in [3.8, 4) is 0 Å². The number of anilines is 1. The third-order valence-corrected chi connectivity index (χ3v) is 5.24. The zero-order valence-electron chi connectivity index (χ0n) is 13.7. The minimum atomic E-state index is -0.327. The average molecular weight is 352 g/mol. The van der Waals surface area contributed by atoms with Crippen LogP contribution in [0.15, 0.2) is 18.3 Å². The second kappa shape index (κ2) is 7.49. The fourth-order valence-corrected chi connectivity index (χ4v) is 4.06. The van der Waals surface area contributed by atoms with Gasteiger partial charge in [-0.15, -0.1) is 0 Å². The number of nitrogens with one attached hydrogen (secondary N) is 1. The number of ether oxygens (including phenoxy) is 1. The lowest BCUT2D eigenvalue weighted by atomic mass is 9.85. The molecule has 1 saturated carbocycles. The highest BCUT2D eigenvalue weighted by Crippen LogP contribution is 2.39. The Labute approximate surface area is 146 Å². The third-order valence-electron chi connectivity index (χ3n) is 5.02. The Morgan fingerprint density at radius 1 is 1.38 bits per heavy atom. The first-order valence-electron chi connectivity index (χ1n) is 8.33. The Hall–Kier alpha value is -1.66. The lowest BCUT2D eigenvalue weighted by Crippen LogP contribution is -2.46. The van der Waals surface area contributed by atoms with E-state index in [9.17, 15) is 9.59 Å². The summed E-state index contributed by atoms with van der Waals surface area (Å²) >= 11 is 5.80. The molecule has 1 aliphatic carbocycles. The molecule has 6 nitrogen and oxygen atoms in total. The lowest BCUT2D eigenvalue weighted by molar-refractivity contribution is -0.146. The van der Waals surface area contributed by atoms with Gasteiger partial charge < -0.3 is 10.1 Å². The number of methoxy groups -OCH3 is 1. The molecule has 130 valence electrons. The summed E-state index contributed by atoms with van der Waals surface area (Å²) < 4.78 is 4.94. The van der Waals surface area contributed by atoms with Gasteiger partial charge in [-0.25, -0.2) is 4.98 Å². The van der Waals surface area contributed by atoms with E-state index in [1.807, 2.05) is 4.90 Å². The zero-order chi connectivity index (χ0) is 17.1. The van der Waals surface area contributed by atoms with Crippen molar-refractivity contribution in [3.05, 3.63) is 23.4 Å². The number of aromatic nitrogens is 1. The summed E-state index contributed by atoms with van der Waals surface area (Å²) in [5.74, 6) is 0.509. The van der Waals surface area contributed by atoms with Crippen LogP contribution in [0.25, 0.3) is 0 Å². The van der Waals surface area contributed by atoms with Crippen LogP contribution >= 0.6 is 11.6 Å². The fourth-order valence-electron chi connectivity index (χ4n) is 3.95. The highest BCUT2D eigenvalue weighted by Gasteiger charge is 2.46. The molecule has 2 aliphatic rings. The van der Waals surface area contributed by atoms with Gasteiger partial charge in [0, 0.05) is 12.2 Å². The number of hydrogen-bond acceptors (Lipinski definition) is 5. The van der Waals surface area contributed by atoms with Gasteiger partial charge >= 0.3 is 5.97 Å². The Morgan fingerprint density at radius 3 is 2.88 bits per heavy atom. The summed E-state index contributed by atoms with van der Waals surface area (Å²) in [5.41, 5.74) is 0. The van der Waals surface area contributed by atoms with Gasteiger partial charge in [-0.2, -0.15) is 0 Å². The highest BCUT2D eigenvalue weighted by molar-refractivity contribution is 6.30. The Balaban J connectivity index is 1.68. The van der Waals surface area contributed by atoms with Gasteiger partial charge in [-0.3, -0.25) is 14.5 Å². The largest absolute Gasteiger partial charge is 0.468 e. The van der Waals surface area contributed by atoms with Crippen LogP contribution in [-0.2, 0) is 14.3 Å². The molecular formula is C17H22ClN3O3. The van der Waals surface area contributed by atoms with Crippen LogP contribution in [0.5, 0.6) is 0 Å². The summed E-state index contributed by atoms with van der Waals surface area (Å²) in [4.78, 5) is 30.6. The van der Waals surface area contributed by atoms with Crippen molar-refractivity contribution in [2.75, 3.05) is 19.0 Å². The number of nitrogens with zero attached hydrogens (tertiary/aromatic N) is 2. The van der Waals surface area contributed by atoms with Gasteiger partial charge in [0.05, 0.1) is 18.7 Å².